The molecule has 1 aliphatic carbocycles. The molecule has 1 saturated carbocycles. The van der Waals surface area contributed by atoms with Gasteiger partial charge in [-0.1, -0.05) is 43.0 Å². The number of hydrogen-bond donors (Lipinski definition) is 1. The van der Waals surface area contributed by atoms with Crippen molar-refractivity contribution in [3.63, 3.8) is 0 Å². The molecule has 0 spiro atoms. The molecule has 1 fully saturated rings. The zero-order valence-electron chi connectivity index (χ0n) is 11.1. The van der Waals surface area contributed by atoms with Crippen molar-refractivity contribution in [1.29, 1.82) is 0 Å². The number of nitrogens with zero attached hydrogens (tertiary/aromatic N) is 2. The smallest absolute Gasteiger partial charge is 0.181 e. The van der Waals surface area contributed by atoms with Gasteiger partial charge < -0.3 is 0 Å². The van der Waals surface area contributed by atoms with Crippen molar-refractivity contribution in [1.82, 2.24) is 15.2 Å². The van der Waals surface area contributed by atoms with Gasteiger partial charge in [-0.3, -0.25) is 5.10 Å². The largest absolute Gasteiger partial charge is 0.262 e. The van der Waals surface area contributed by atoms with Crippen LogP contribution in [0.15, 0.2) is 18.2 Å². The second kappa shape index (κ2) is 5.33. The Labute approximate surface area is 118 Å². The average molecular weight is 276 g/mol. The topological polar surface area (TPSA) is 41.6 Å². The van der Waals surface area contributed by atoms with Crippen molar-refractivity contribution in [3.8, 4) is 11.4 Å². The molecule has 1 aromatic carbocycles. The monoisotopic (exact) mass is 275 g/mol. The number of benzene rings is 1. The lowest BCUT2D eigenvalue weighted by Crippen LogP contribution is -2.06. The third-order valence-electron chi connectivity index (χ3n) is 4.00. The number of H-pyrrole nitrogens is 1. The number of aromatic amines is 1. The molecule has 2 aromatic rings. The Morgan fingerprint density at radius 3 is 2.79 bits per heavy atom. The van der Waals surface area contributed by atoms with Crippen molar-refractivity contribution in [2.45, 2.75) is 44.9 Å². The zero-order chi connectivity index (χ0) is 13.2. The summed E-state index contributed by atoms with van der Waals surface area (Å²) in [5.41, 5.74) is 2.06. The molecule has 19 heavy (non-hydrogen) atoms. The standard InChI is InChI=1S/C15H18ClN3/c1-10-12(8-5-9-13(10)16)15-17-14(18-19-15)11-6-3-2-4-7-11/h5,8-9,11H,2-4,6-7H2,1H3,(H,17,18,19). The van der Waals surface area contributed by atoms with E-state index in [4.69, 9.17) is 11.6 Å². The lowest BCUT2D eigenvalue weighted by molar-refractivity contribution is 0.429. The molecule has 1 aromatic heterocycles. The van der Waals surface area contributed by atoms with Gasteiger partial charge in [-0.25, -0.2) is 4.98 Å². The van der Waals surface area contributed by atoms with E-state index in [2.05, 4.69) is 15.2 Å². The second-order valence-corrected chi connectivity index (χ2v) is 5.70. The molecule has 4 heteroatoms. The fraction of sp³-hybridized carbons (Fsp3) is 0.467. The normalized spacial score (nSPS) is 16.7. The molecular formula is C15H18ClN3. The van der Waals surface area contributed by atoms with Crippen molar-refractivity contribution >= 4 is 11.6 Å². The summed E-state index contributed by atoms with van der Waals surface area (Å²) in [6.45, 7) is 2.01. The third-order valence-corrected chi connectivity index (χ3v) is 4.41. The van der Waals surface area contributed by atoms with Crippen LogP contribution in [-0.2, 0) is 0 Å². The van der Waals surface area contributed by atoms with Crippen molar-refractivity contribution < 1.29 is 0 Å². The Kier molecular flexibility index (Phi) is 3.56. The Morgan fingerprint density at radius 2 is 2.00 bits per heavy atom. The predicted octanol–water partition coefficient (Wildman–Crippen LogP) is 4.48. The van der Waals surface area contributed by atoms with Gasteiger partial charge in [0.15, 0.2) is 5.82 Å². The first-order valence-corrected chi connectivity index (χ1v) is 7.31. The van der Waals surface area contributed by atoms with Gasteiger partial charge in [0.1, 0.15) is 5.82 Å². The van der Waals surface area contributed by atoms with Gasteiger partial charge >= 0.3 is 0 Å². The van der Waals surface area contributed by atoms with Crippen molar-refractivity contribution in [2.24, 2.45) is 0 Å². The van der Waals surface area contributed by atoms with Gasteiger partial charge in [-0.2, -0.15) is 5.10 Å². The molecule has 0 atom stereocenters. The highest BCUT2D eigenvalue weighted by molar-refractivity contribution is 6.31. The minimum absolute atomic E-state index is 0.550. The molecule has 0 amide bonds. The summed E-state index contributed by atoms with van der Waals surface area (Å²) in [5.74, 6) is 2.35. The first-order chi connectivity index (χ1) is 9.25. The highest BCUT2D eigenvalue weighted by Crippen LogP contribution is 2.32. The van der Waals surface area contributed by atoms with Crippen molar-refractivity contribution in [3.05, 3.63) is 34.6 Å². The van der Waals surface area contributed by atoms with Crippen LogP contribution in [0, 0.1) is 6.92 Å². The molecule has 100 valence electrons. The van der Waals surface area contributed by atoms with Gasteiger partial charge in [0, 0.05) is 16.5 Å². The van der Waals surface area contributed by atoms with E-state index in [1.807, 2.05) is 25.1 Å². The van der Waals surface area contributed by atoms with E-state index >= 15 is 0 Å². The second-order valence-electron chi connectivity index (χ2n) is 5.29. The molecule has 0 aliphatic heterocycles. The van der Waals surface area contributed by atoms with Gasteiger partial charge in [-0.05, 0) is 31.4 Å². The molecular weight excluding hydrogens is 258 g/mol. The molecule has 1 heterocycles. The Balaban J connectivity index is 1.90. The fourth-order valence-electron chi connectivity index (χ4n) is 2.80. The Morgan fingerprint density at radius 1 is 1.21 bits per heavy atom. The van der Waals surface area contributed by atoms with Gasteiger partial charge in [0.25, 0.3) is 0 Å². The van der Waals surface area contributed by atoms with E-state index < -0.39 is 0 Å². The van der Waals surface area contributed by atoms with E-state index in [1.165, 1.54) is 32.1 Å². The van der Waals surface area contributed by atoms with E-state index in [1.54, 1.807) is 0 Å². The maximum absolute atomic E-state index is 6.15. The SMILES string of the molecule is Cc1c(Cl)cccc1-c1n[nH]c(C2CCCCC2)n1. The lowest BCUT2D eigenvalue weighted by Gasteiger charge is -2.18. The van der Waals surface area contributed by atoms with Gasteiger partial charge in [0.2, 0.25) is 0 Å². The van der Waals surface area contributed by atoms with Crippen molar-refractivity contribution in [2.75, 3.05) is 0 Å². The van der Waals surface area contributed by atoms with E-state index in [-0.39, 0.29) is 0 Å². The van der Waals surface area contributed by atoms with Crippen LogP contribution in [-0.4, -0.2) is 15.2 Å². The minimum Gasteiger partial charge on any atom is -0.262 e. The van der Waals surface area contributed by atoms with E-state index in [0.29, 0.717) is 5.92 Å². The molecule has 3 rings (SSSR count). The highest BCUT2D eigenvalue weighted by atomic mass is 35.5. The lowest BCUT2D eigenvalue weighted by atomic mass is 9.89. The number of hydrogen-bond acceptors (Lipinski definition) is 2. The quantitative estimate of drug-likeness (QED) is 0.878. The molecule has 0 bridgehead atoms. The van der Waals surface area contributed by atoms with Crippen LogP contribution in [0.25, 0.3) is 11.4 Å². The fourth-order valence-corrected chi connectivity index (χ4v) is 2.98. The molecule has 3 nitrogen and oxygen atoms in total. The molecule has 0 radical (unpaired) electrons. The summed E-state index contributed by atoms with van der Waals surface area (Å²) in [6.07, 6.45) is 6.41. The van der Waals surface area contributed by atoms with E-state index in [0.717, 1.165) is 27.8 Å². The Hall–Kier alpha value is -1.35. The predicted molar refractivity (Wildman–Crippen MR) is 77.4 cm³/mol. The average Bonchev–Trinajstić information content (AvgIpc) is 2.92. The maximum Gasteiger partial charge on any atom is 0.181 e. The minimum atomic E-state index is 0.550. The first-order valence-electron chi connectivity index (χ1n) is 6.93. The summed E-state index contributed by atoms with van der Waals surface area (Å²) in [6, 6.07) is 5.87. The summed E-state index contributed by atoms with van der Waals surface area (Å²) in [7, 11) is 0. The van der Waals surface area contributed by atoms with Crippen LogP contribution >= 0.6 is 11.6 Å². The molecule has 0 unspecified atom stereocenters. The van der Waals surface area contributed by atoms with Crippen LogP contribution < -0.4 is 0 Å². The summed E-state index contributed by atoms with van der Waals surface area (Å²) in [4.78, 5) is 4.68. The van der Waals surface area contributed by atoms with Gasteiger partial charge in [0.05, 0.1) is 0 Å². The number of aromatic nitrogens is 3. The molecule has 0 saturated heterocycles. The molecule has 1 aliphatic rings. The van der Waals surface area contributed by atoms with E-state index in [9.17, 15) is 0 Å². The third kappa shape index (κ3) is 2.52. The van der Waals surface area contributed by atoms with Gasteiger partial charge in [-0.15, -0.1) is 0 Å². The summed E-state index contributed by atoms with van der Waals surface area (Å²) < 4.78 is 0. The molecule has 1 N–H and O–H groups in total. The van der Waals surface area contributed by atoms with Crippen LogP contribution in [0.2, 0.25) is 5.02 Å². The maximum atomic E-state index is 6.15. The number of halogens is 1. The number of nitrogens with one attached hydrogen (secondary N) is 1. The van der Waals surface area contributed by atoms with Crippen LogP contribution in [0.5, 0.6) is 0 Å². The van der Waals surface area contributed by atoms with Crippen LogP contribution in [0.4, 0.5) is 0 Å². The number of rotatable bonds is 2. The van der Waals surface area contributed by atoms with Crippen LogP contribution in [0.1, 0.15) is 49.4 Å². The van der Waals surface area contributed by atoms with Crippen LogP contribution in [0.3, 0.4) is 0 Å². The zero-order valence-corrected chi connectivity index (χ0v) is 11.9. The highest BCUT2D eigenvalue weighted by Gasteiger charge is 2.20. The first kappa shape index (κ1) is 12.7. The summed E-state index contributed by atoms with van der Waals surface area (Å²) >= 11 is 6.15. The summed E-state index contributed by atoms with van der Waals surface area (Å²) in [5, 5.41) is 8.25. The Bertz CT molecular complexity index is 571.